The normalized spacial score (nSPS) is 11.4. The molecule has 0 rings (SSSR count). The number of urea groups is 1. The van der Waals surface area contributed by atoms with Crippen molar-refractivity contribution in [3.63, 3.8) is 0 Å². The average molecular weight is 252 g/mol. The van der Waals surface area contributed by atoms with E-state index in [-0.39, 0.29) is 12.8 Å². The molecule has 0 aromatic carbocycles. The Morgan fingerprint density at radius 2 is 1.82 bits per heavy atom. The lowest BCUT2D eigenvalue weighted by Gasteiger charge is -2.30. The van der Waals surface area contributed by atoms with Crippen LogP contribution in [-0.2, 0) is 4.79 Å². The summed E-state index contributed by atoms with van der Waals surface area (Å²) in [6.45, 7) is 2.50. The predicted molar refractivity (Wildman–Crippen MR) is 58.1 cm³/mol. The van der Waals surface area contributed by atoms with Crippen molar-refractivity contribution in [1.82, 2.24) is 10.2 Å². The monoisotopic (exact) mass is 252 g/mol. The van der Waals surface area contributed by atoms with Gasteiger partial charge in [-0.1, -0.05) is 13.8 Å². The summed E-state index contributed by atoms with van der Waals surface area (Å²) in [4.78, 5) is 23.4. The van der Waals surface area contributed by atoms with Gasteiger partial charge in [0.15, 0.2) is 0 Å². The molecule has 2 N–H and O–H groups in total. The third kappa shape index (κ3) is 4.16. The summed E-state index contributed by atoms with van der Waals surface area (Å²) in [5.74, 6) is -1.17. The molecule has 0 saturated heterocycles. The lowest BCUT2D eigenvalue weighted by atomic mass is 9.93. The first-order valence-corrected chi connectivity index (χ1v) is 5.33. The highest BCUT2D eigenvalue weighted by Gasteiger charge is 2.37. The first kappa shape index (κ1) is 15.6. The molecule has 0 unspecified atom stereocenters. The van der Waals surface area contributed by atoms with E-state index >= 15 is 0 Å². The van der Waals surface area contributed by atoms with Gasteiger partial charge in [-0.15, -0.1) is 0 Å². The molecule has 0 saturated carbocycles. The van der Waals surface area contributed by atoms with Crippen molar-refractivity contribution in [2.45, 2.75) is 38.7 Å². The summed E-state index contributed by atoms with van der Waals surface area (Å²) in [5.41, 5.74) is -1.40. The van der Waals surface area contributed by atoms with E-state index in [1.165, 1.54) is 7.05 Å². The molecule has 7 heteroatoms. The van der Waals surface area contributed by atoms with Gasteiger partial charge in [-0.25, -0.2) is 18.4 Å². The van der Waals surface area contributed by atoms with Gasteiger partial charge in [-0.05, 0) is 12.8 Å². The van der Waals surface area contributed by atoms with Gasteiger partial charge in [-0.2, -0.15) is 0 Å². The Hall–Kier alpha value is -1.40. The van der Waals surface area contributed by atoms with E-state index in [1.54, 1.807) is 13.8 Å². The lowest BCUT2D eigenvalue weighted by molar-refractivity contribution is -0.144. The maximum atomic E-state index is 12.1. The zero-order valence-corrected chi connectivity index (χ0v) is 10.2. The number of halogens is 2. The standard InChI is InChI=1S/C10H18F2N2O3/c1-4-10(5-2,8(15)16)13-9(17)14(3)6-7(11)12/h7H,4-6H2,1-3H3,(H,13,17)(H,15,16). The number of nitrogens with one attached hydrogen (secondary N) is 1. The van der Waals surface area contributed by atoms with Gasteiger partial charge >= 0.3 is 12.0 Å². The predicted octanol–water partition coefficient (Wildman–Crippen LogP) is 1.54. The molecule has 0 aliphatic rings. The highest BCUT2D eigenvalue weighted by atomic mass is 19.3. The van der Waals surface area contributed by atoms with E-state index in [0.717, 1.165) is 4.90 Å². The highest BCUT2D eigenvalue weighted by Crippen LogP contribution is 2.16. The number of carboxylic acids is 1. The maximum absolute atomic E-state index is 12.1. The smallest absolute Gasteiger partial charge is 0.329 e. The van der Waals surface area contributed by atoms with E-state index in [0.29, 0.717) is 0 Å². The quantitative estimate of drug-likeness (QED) is 0.753. The number of carbonyl (C=O) groups excluding carboxylic acids is 1. The molecule has 0 aromatic heterocycles. The minimum Gasteiger partial charge on any atom is -0.480 e. The zero-order chi connectivity index (χ0) is 13.6. The van der Waals surface area contributed by atoms with Crippen LogP contribution >= 0.6 is 0 Å². The minimum absolute atomic E-state index is 0.188. The summed E-state index contributed by atoms with van der Waals surface area (Å²) < 4.78 is 24.1. The second-order valence-electron chi connectivity index (χ2n) is 3.80. The Bertz CT molecular complexity index is 281. The van der Waals surface area contributed by atoms with Crippen molar-refractivity contribution in [1.29, 1.82) is 0 Å². The second kappa shape index (κ2) is 6.36. The minimum atomic E-state index is -2.65. The third-order valence-corrected chi connectivity index (χ3v) is 2.72. The molecule has 0 spiro atoms. The summed E-state index contributed by atoms with van der Waals surface area (Å²) in [6, 6.07) is -0.809. The fraction of sp³-hybridized carbons (Fsp3) is 0.800. The number of hydrogen-bond acceptors (Lipinski definition) is 2. The molecule has 0 radical (unpaired) electrons. The molecule has 100 valence electrons. The van der Waals surface area contributed by atoms with Crippen molar-refractivity contribution < 1.29 is 23.5 Å². The Labute approximate surface area is 98.8 Å². The second-order valence-corrected chi connectivity index (χ2v) is 3.80. The Kier molecular flexibility index (Phi) is 5.84. The fourth-order valence-electron chi connectivity index (χ4n) is 1.37. The largest absolute Gasteiger partial charge is 0.480 e. The van der Waals surface area contributed by atoms with Gasteiger partial charge in [0, 0.05) is 7.05 Å². The maximum Gasteiger partial charge on any atom is 0.329 e. The van der Waals surface area contributed by atoms with Crippen LogP contribution < -0.4 is 5.32 Å². The Balaban J connectivity index is 4.67. The van der Waals surface area contributed by atoms with E-state index < -0.39 is 30.5 Å². The van der Waals surface area contributed by atoms with Gasteiger partial charge in [0.2, 0.25) is 0 Å². The summed E-state index contributed by atoms with van der Waals surface area (Å²) >= 11 is 0. The Morgan fingerprint density at radius 3 is 2.12 bits per heavy atom. The highest BCUT2D eigenvalue weighted by molar-refractivity contribution is 5.86. The van der Waals surface area contributed by atoms with Crippen molar-refractivity contribution in [2.75, 3.05) is 13.6 Å². The van der Waals surface area contributed by atoms with Crippen LogP contribution in [0.2, 0.25) is 0 Å². The van der Waals surface area contributed by atoms with E-state index in [1.807, 2.05) is 0 Å². The van der Waals surface area contributed by atoms with Gasteiger partial charge < -0.3 is 15.3 Å². The SMILES string of the molecule is CCC(CC)(NC(=O)N(C)CC(F)F)C(=O)O. The van der Waals surface area contributed by atoms with Gasteiger partial charge in [0.25, 0.3) is 6.43 Å². The lowest BCUT2D eigenvalue weighted by Crippen LogP contribution is -2.57. The summed E-state index contributed by atoms with van der Waals surface area (Å²) in [5, 5.41) is 11.3. The van der Waals surface area contributed by atoms with Gasteiger partial charge in [0.05, 0.1) is 6.54 Å². The van der Waals surface area contributed by atoms with Crippen LogP contribution in [0.4, 0.5) is 13.6 Å². The van der Waals surface area contributed by atoms with Crippen LogP contribution in [0, 0.1) is 0 Å². The number of alkyl halides is 2. The van der Waals surface area contributed by atoms with E-state index in [4.69, 9.17) is 5.11 Å². The molecule has 0 bridgehead atoms. The molecular weight excluding hydrogens is 234 g/mol. The van der Waals surface area contributed by atoms with Crippen molar-refractivity contribution in [2.24, 2.45) is 0 Å². The van der Waals surface area contributed by atoms with Crippen molar-refractivity contribution >= 4 is 12.0 Å². The number of hydrogen-bond donors (Lipinski definition) is 2. The topological polar surface area (TPSA) is 69.6 Å². The van der Waals surface area contributed by atoms with Crippen molar-refractivity contribution in [3.8, 4) is 0 Å². The van der Waals surface area contributed by atoms with Gasteiger partial charge in [0.1, 0.15) is 5.54 Å². The van der Waals surface area contributed by atoms with Crippen molar-refractivity contribution in [3.05, 3.63) is 0 Å². The molecule has 5 nitrogen and oxygen atoms in total. The summed E-state index contributed by atoms with van der Waals surface area (Å²) in [6.07, 6.45) is -2.27. The van der Waals surface area contributed by atoms with Crippen LogP contribution in [0.5, 0.6) is 0 Å². The molecule has 2 amide bonds. The number of amides is 2. The third-order valence-electron chi connectivity index (χ3n) is 2.72. The van der Waals surface area contributed by atoms with Crippen LogP contribution in [-0.4, -0.2) is 47.6 Å². The first-order valence-electron chi connectivity index (χ1n) is 5.33. The molecule has 0 aliphatic carbocycles. The molecule has 0 aliphatic heterocycles. The van der Waals surface area contributed by atoms with Crippen LogP contribution in [0.3, 0.4) is 0 Å². The van der Waals surface area contributed by atoms with Gasteiger partial charge in [-0.3, -0.25) is 0 Å². The molecule has 0 atom stereocenters. The molecule has 0 heterocycles. The molecular formula is C10H18F2N2O3. The number of carbonyl (C=O) groups is 2. The zero-order valence-electron chi connectivity index (χ0n) is 10.2. The van der Waals surface area contributed by atoms with E-state index in [2.05, 4.69) is 5.32 Å². The number of carboxylic acid groups (broad SMARTS) is 1. The fourth-order valence-corrected chi connectivity index (χ4v) is 1.37. The van der Waals surface area contributed by atoms with Crippen LogP contribution in [0.25, 0.3) is 0 Å². The number of aliphatic carboxylic acids is 1. The average Bonchev–Trinajstić information content (AvgIpc) is 2.24. The molecule has 0 aromatic rings. The summed E-state index contributed by atoms with van der Waals surface area (Å²) in [7, 11) is 1.19. The molecule has 0 fully saturated rings. The molecule has 17 heavy (non-hydrogen) atoms. The number of nitrogens with zero attached hydrogens (tertiary/aromatic N) is 1. The number of rotatable bonds is 6. The van der Waals surface area contributed by atoms with Crippen LogP contribution in [0.15, 0.2) is 0 Å². The van der Waals surface area contributed by atoms with E-state index in [9.17, 15) is 18.4 Å². The first-order chi connectivity index (χ1) is 7.79. The van der Waals surface area contributed by atoms with Crippen LogP contribution in [0.1, 0.15) is 26.7 Å². The Morgan fingerprint density at radius 1 is 1.35 bits per heavy atom.